The van der Waals surface area contributed by atoms with E-state index in [0.29, 0.717) is 6.61 Å². The second-order valence-electron chi connectivity index (χ2n) is 6.16. The third-order valence-electron chi connectivity index (χ3n) is 4.16. The molecule has 4 N–H and O–H groups in total. The van der Waals surface area contributed by atoms with Gasteiger partial charge in [0.05, 0.1) is 0 Å². The van der Waals surface area contributed by atoms with E-state index in [1.165, 1.54) is 25.7 Å². The van der Waals surface area contributed by atoms with Crippen LogP contribution >= 0.6 is 0 Å². The summed E-state index contributed by atoms with van der Waals surface area (Å²) in [5, 5.41) is 37.7. The van der Waals surface area contributed by atoms with Crippen molar-refractivity contribution in [3.63, 3.8) is 0 Å². The molecule has 0 spiro atoms. The Kier molecular flexibility index (Phi) is 10.1. The van der Waals surface area contributed by atoms with Gasteiger partial charge >= 0.3 is 5.97 Å². The highest BCUT2D eigenvalue weighted by molar-refractivity contribution is 5.72. The Morgan fingerprint density at radius 3 is 2.25 bits per heavy atom. The lowest BCUT2D eigenvalue weighted by molar-refractivity contribution is -0.186. The van der Waals surface area contributed by atoms with Crippen molar-refractivity contribution in [2.45, 2.75) is 82.1 Å². The molecule has 140 valence electrons. The number of carboxylic acid groups (broad SMARTS) is 1. The van der Waals surface area contributed by atoms with Crippen molar-refractivity contribution in [2.24, 2.45) is 0 Å². The summed E-state index contributed by atoms with van der Waals surface area (Å²) in [7, 11) is 0. The molecule has 5 atom stereocenters. The average Bonchev–Trinajstić information content (AvgIpc) is 2.84. The third kappa shape index (κ3) is 6.86. The zero-order chi connectivity index (χ0) is 17.9. The minimum absolute atomic E-state index is 0.348. The van der Waals surface area contributed by atoms with Crippen LogP contribution in [0.25, 0.3) is 0 Å². The summed E-state index contributed by atoms with van der Waals surface area (Å²) < 4.78 is 10.5. The molecule has 1 fully saturated rings. The number of allylic oxidation sites excluding steroid dienone is 1. The number of carbonyl (C=O) groups is 1. The Labute approximate surface area is 142 Å². The molecule has 0 saturated carbocycles. The molecule has 1 heterocycles. The van der Waals surface area contributed by atoms with Gasteiger partial charge in [-0.3, -0.25) is 0 Å². The van der Waals surface area contributed by atoms with E-state index in [1.807, 2.05) is 6.08 Å². The molecular formula is C17H30O7. The summed E-state index contributed by atoms with van der Waals surface area (Å²) >= 11 is 0. The van der Waals surface area contributed by atoms with Crippen LogP contribution in [0.3, 0.4) is 0 Å². The third-order valence-corrected chi connectivity index (χ3v) is 4.16. The van der Waals surface area contributed by atoms with E-state index in [4.69, 9.17) is 14.6 Å². The first kappa shape index (κ1) is 21.1. The van der Waals surface area contributed by atoms with E-state index in [0.717, 1.165) is 25.7 Å². The molecule has 1 aliphatic heterocycles. The quantitative estimate of drug-likeness (QED) is 0.292. The van der Waals surface area contributed by atoms with Crippen molar-refractivity contribution in [3.8, 4) is 0 Å². The van der Waals surface area contributed by atoms with Gasteiger partial charge in [0.1, 0.15) is 18.3 Å². The topological polar surface area (TPSA) is 116 Å². The standard InChI is InChI=1S/C17H30O7/c1-2-3-4-5-6-7-8-9-10-11-23-17-13(19)12(18)15(24-17)14(20)16(21)22/h2,12-15,17-20H,1,3-11H2,(H,21,22)/t12-,13-,14+,15-,17-/m1/s1. The Morgan fingerprint density at radius 1 is 1.08 bits per heavy atom. The summed E-state index contributed by atoms with van der Waals surface area (Å²) in [4.78, 5) is 10.7. The fourth-order valence-electron chi connectivity index (χ4n) is 2.68. The van der Waals surface area contributed by atoms with Crippen LogP contribution in [0.5, 0.6) is 0 Å². The predicted octanol–water partition coefficient (Wildman–Crippen LogP) is 1.20. The number of aliphatic carboxylic acids is 1. The Bertz CT molecular complexity index is 374. The normalized spacial score (nSPS) is 28.0. The number of ether oxygens (including phenoxy) is 2. The highest BCUT2D eigenvalue weighted by Crippen LogP contribution is 2.25. The fraction of sp³-hybridized carbons (Fsp3) is 0.824. The zero-order valence-corrected chi connectivity index (χ0v) is 14.0. The molecule has 1 aliphatic rings. The maximum atomic E-state index is 10.7. The molecule has 1 rings (SSSR count). The minimum atomic E-state index is -1.90. The summed E-state index contributed by atoms with van der Waals surface area (Å²) in [5.74, 6) is -1.51. The van der Waals surface area contributed by atoms with E-state index in [2.05, 4.69) is 6.58 Å². The lowest BCUT2D eigenvalue weighted by Gasteiger charge is -2.17. The summed E-state index contributed by atoms with van der Waals surface area (Å²) in [6, 6.07) is 0. The van der Waals surface area contributed by atoms with Crippen molar-refractivity contribution in [1.29, 1.82) is 0 Å². The molecule has 7 heteroatoms. The molecule has 0 bridgehead atoms. The van der Waals surface area contributed by atoms with E-state index in [1.54, 1.807) is 0 Å². The number of aliphatic hydroxyl groups is 3. The molecule has 0 amide bonds. The van der Waals surface area contributed by atoms with E-state index < -0.39 is 36.7 Å². The Hall–Kier alpha value is -0.990. The number of aliphatic hydroxyl groups excluding tert-OH is 3. The number of rotatable bonds is 13. The maximum Gasteiger partial charge on any atom is 0.335 e. The van der Waals surface area contributed by atoms with Gasteiger partial charge in [-0.1, -0.05) is 38.2 Å². The van der Waals surface area contributed by atoms with Gasteiger partial charge in [-0.25, -0.2) is 4.79 Å². The van der Waals surface area contributed by atoms with Gasteiger partial charge in [0.15, 0.2) is 12.4 Å². The molecule has 0 aromatic carbocycles. The van der Waals surface area contributed by atoms with Gasteiger partial charge in [0.2, 0.25) is 0 Å². The van der Waals surface area contributed by atoms with Crippen LogP contribution in [0, 0.1) is 0 Å². The molecule has 0 aromatic rings. The SMILES string of the molecule is C=CCCCCCCCCCO[C@@H]1O[C@@H]([C@H](O)C(=O)O)[C@H](O)[C@H]1O. The van der Waals surface area contributed by atoms with Gasteiger partial charge in [-0.2, -0.15) is 0 Å². The van der Waals surface area contributed by atoms with E-state index >= 15 is 0 Å². The lowest BCUT2D eigenvalue weighted by Crippen LogP contribution is -2.42. The summed E-state index contributed by atoms with van der Waals surface area (Å²) in [6.45, 7) is 4.04. The molecule has 1 saturated heterocycles. The van der Waals surface area contributed by atoms with Crippen molar-refractivity contribution in [1.82, 2.24) is 0 Å². The second-order valence-corrected chi connectivity index (χ2v) is 6.16. The highest BCUT2D eigenvalue weighted by Gasteiger charge is 2.48. The maximum absolute atomic E-state index is 10.7. The van der Waals surface area contributed by atoms with Crippen LogP contribution in [0.1, 0.15) is 51.4 Å². The lowest BCUT2D eigenvalue weighted by atomic mass is 10.1. The molecule has 0 radical (unpaired) electrons. The van der Waals surface area contributed by atoms with Gasteiger partial charge in [-0.15, -0.1) is 6.58 Å². The number of hydrogen-bond acceptors (Lipinski definition) is 6. The first-order valence-electron chi connectivity index (χ1n) is 8.64. The fourth-order valence-corrected chi connectivity index (χ4v) is 2.68. The minimum Gasteiger partial charge on any atom is -0.479 e. The molecule has 0 aromatic heterocycles. The second kappa shape index (κ2) is 11.5. The van der Waals surface area contributed by atoms with Gasteiger partial charge in [0, 0.05) is 6.61 Å². The highest BCUT2D eigenvalue weighted by atomic mass is 16.7. The summed E-state index contributed by atoms with van der Waals surface area (Å²) in [6.07, 6.45) is 3.43. The molecule has 24 heavy (non-hydrogen) atoms. The van der Waals surface area contributed by atoms with Crippen LogP contribution in [-0.4, -0.2) is 63.7 Å². The van der Waals surface area contributed by atoms with Crippen LogP contribution in [0.4, 0.5) is 0 Å². The van der Waals surface area contributed by atoms with Crippen molar-refractivity contribution < 1.29 is 34.7 Å². The molecule has 0 aliphatic carbocycles. The van der Waals surface area contributed by atoms with Crippen LogP contribution < -0.4 is 0 Å². The largest absolute Gasteiger partial charge is 0.479 e. The number of hydrogen-bond donors (Lipinski definition) is 4. The van der Waals surface area contributed by atoms with E-state index in [9.17, 15) is 20.1 Å². The van der Waals surface area contributed by atoms with Gasteiger partial charge in [-0.05, 0) is 19.3 Å². The molecular weight excluding hydrogens is 316 g/mol. The Balaban J connectivity index is 2.11. The van der Waals surface area contributed by atoms with Crippen molar-refractivity contribution in [3.05, 3.63) is 12.7 Å². The monoisotopic (exact) mass is 346 g/mol. The first-order chi connectivity index (χ1) is 11.5. The molecule has 0 unspecified atom stereocenters. The van der Waals surface area contributed by atoms with E-state index in [-0.39, 0.29) is 0 Å². The van der Waals surface area contributed by atoms with Crippen LogP contribution in [0.2, 0.25) is 0 Å². The smallest absolute Gasteiger partial charge is 0.335 e. The van der Waals surface area contributed by atoms with Crippen LogP contribution in [0.15, 0.2) is 12.7 Å². The molecule has 7 nitrogen and oxygen atoms in total. The van der Waals surface area contributed by atoms with Crippen molar-refractivity contribution in [2.75, 3.05) is 6.61 Å². The average molecular weight is 346 g/mol. The van der Waals surface area contributed by atoms with Gasteiger partial charge in [0.25, 0.3) is 0 Å². The summed E-state index contributed by atoms with van der Waals surface area (Å²) in [5.41, 5.74) is 0. The first-order valence-corrected chi connectivity index (χ1v) is 8.64. The van der Waals surface area contributed by atoms with Crippen LogP contribution in [-0.2, 0) is 14.3 Å². The predicted molar refractivity (Wildman–Crippen MR) is 87.4 cm³/mol. The Morgan fingerprint density at radius 2 is 1.67 bits per heavy atom. The zero-order valence-electron chi connectivity index (χ0n) is 14.0. The number of unbranched alkanes of at least 4 members (excludes halogenated alkanes) is 7. The van der Waals surface area contributed by atoms with Gasteiger partial charge < -0.3 is 29.9 Å². The van der Waals surface area contributed by atoms with Crippen molar-refractivity contribution >= 4 is 5.97 Å². The number of carboxylic acids is 1.